The number of hydrogen-bond donors (Lipinski definition) is 1. The van der Waals surface area contributed by atoms with E-state index < -0.39 is 5.54 Å². The van der Waals surface area contributed by atoms with Crippen LogP contribution in [0.3, 0.4) is 0 Å². The fraction of sp³-hybridized carbons (Fsp3) is 0.933. The summed E-state index contributed by atoms with van der Waals surface area (Å²) in [7, 11) is 1.93. The number of likely N-dealkylation sites (tertiary alicyclic amines) is 1. The lowest BCUT2D eigenvalue weighted by molar-refractivity contribution is -0.139. The van der Waals surface area contributed by atoms with Gasteiger partial charge in [-0.2, -0.15) is 0 Å². The van der Waals surface area contributed by atoms with Gasteiger partial charge >= 0.3 is 0 Å². The van der Waals surface area contributed by atoms with Gasteiger partial charge in [-0.1, -0.05) is 20.8 Å². The van der Waals surface area contributed by atoms with E-state index in [2.05, 4.69) is 11.8 Å². The number of carbonyl (C=O) groups excluding carboxylic acids is 1. The Morgan fingerprint density at radius 2 is 1.79 bits per heavy atom. The fourth-order valence-corrected chi connectivity index (χ4v) is 2.92. The summed E-state index contributed by atoms with van der Waals surface area (Å²) in [6, 6.07) is 0.363. The molecule has 1 rings (SSSR count). The summed E-state index contributed by atoms with van der Waals surface area (Å²) in [4.78, 5) is 16.9. The average Bonchev–Trinajstić information content (AvgIpc) is 2.46. The Morgan fingerprint density at radius 1 is 1.26 bits per heavy atom. The van der Waals surface area contributed by atoms with E-state index in [0.717, 1.165) is 25.9 Å². The summed E-state index contributed by atoms with van der Waals surface area (Å²) in [6.07, 6.45) is 4.78. The zero-order chi connectivity index (χ0) is 14.5. The van der Waals surface area contributed by atoms with Crippen LogP contribution < -0.4 is 5.73 Å². The van der Waals surface area contributed by atoms with E-state index in [1.54, 1.807) is 0 Å². The first-order chi connectivity index (χ1) is 8.98. The second-order valence-electron chi connectivity index (χ2n) is 5.85. The number of nitrogens with zero attached hydrogens (tertiary/aromatic N) is 2. The minimum absolute atomic E-state index is 0.117. The molecule has 0 spiro atoms. The van der Waals surface area contributed by atoms with Crippen molar-refractivity contribution in [3.63, 3.8) is 0 Å². The van der Waals surface area contributed by atoms with Crippen LogP contribution in [0.2, 0.25) is 0 Å². The van der Waals surface area contributed by atoms with Gasteiger partial charge in [0.1, 0.15) is 0 Å². The number of carbonyl (C=O) groups is 1. The molecule has 1 aliphatic heterocycles. The lowest BCUT2D eigenvalue weighted by Crippen LogP contribution is -2.57. The van der Waals surface area contributed by atoms with Crippen LogP contribution in [-0.2, 0) is 4.79 Å². The first-order valence-electron chi connectivity index (χ1n) is 7.77. The zero-order valence-electron chi connectivity index (χ0n) is 13.1. The van der Waals surface area contributed by atoms with Crippen LogP contribution in [0.5, 0.6) is 0 Å². The number of piperidine rings is 1. The summed E-state index contributed by atoms with van der Waals surface area (Å²) in [5.41, 5.74) is 5.55. The number of amides is 1. The van der Waals surface area contributed by atoms with Gasteiger partial charge in [0.25, 0.3) is 0 Å². The first kappa shape index (κ1) is 16.4. The van der Waals surface area contributed by atoms with Crippen molar-refractivity contribution >= 4 is 5.91 Å². The summed E-state index contributed by atoms with van der Waals surface area (Å²) < 4.78 is 0. The molecule has 112 valence electrons. The van der Waals surface area contributed by atoms with Crippen molar-refractivity contribution in [3.05, 3.63) is 0 Å². The van der Waals surface area contributed by atoms with Gasteiger partial charge in [0.05, 0.1) is 5.54 Å². The zero-order valence-corrected chi connectivity index (χ0v) is 13.1. The van der Waals surface area contributed by atoms with Gasteiger partial charge in [0.2, 0.25) is 5.91 Å². The smallest absolute Gasteiger partial charge is 0.242 e. The van der Waals surface area contributed by atoms with Crippen molar-refractivity contribution < 1.29 is 4.79 Å². The van der Waals surface area contributed by atoms with E-state index in [-0.39, 0.29) is 5.91 Å². The van der Waals surface area contributed by atoms with Crippen molar-refractivity contribution in [2.24, 2.45) is 5.73 Å². The molecule has 4 nitrogen and oxygen atoms in total. The second kappa shape index (κ2) is 7.25. The standard InChI is InChI=1S/C15H31N3O/c1-5-10-18-11-8-13(9-12-18)17(4)14(19)15(16,6-2)7-3/h13H,5-12,16H2,1-4H3. The molecular weight excluding hydrogens is 238 g/mol. The summed E-state index contributed by atoms with van der Waals surface area (Å²) in [5.74, 6) is 0.117. The predicted molar refractivity (Wildman–Crippen MR) is 80.0 cm³/mol. The molecule has 0 aromatic carbocycles. The van der Waals surface area contributed by atoms with Gasteiger partial charge in [0.15, 0.2) is 0 Å². The van der Waals surface area contributed by atoms with E-state index in [9.17, 15) is 4.79 Å². The molecular formula is C15H31N3O. The minimum Gasteiger partial charge on any atom is -0.341 e. The van der Waals surface area contributed by atoms with Crippen molar-refractivity contribution in [1.82, 2.24) is 9.80 Å². The van der Waals surface area contributed by atoms with Crippen LogP contribution in [0.1, 0.15) is 52.9 Å². The summed E-state index contributed by atoms with van der Waals surface area (Å²) in [6.45, 7) is 9.60. The Balaban J connectivity index is 2.55. The third-order valence-corrected chi connectivity index (χ3v) is 4.65. The number of likely N-dealkylation sites (N-methyl/N-ethyl adjacent to an activating group) is 1. The Kier molecular flexibility index (Phi) is 6.27. The molecule has 1 heterocycles. The second-order valence-corrected chi connectivity index (χ2v) is 5.85. The van der Waals surface area contributed by atoms with Crippen LogP contribution >= 0.6 is 0 Å². The largest absolute Gasteiger partial charge is 0.341 e. The maximum atomic E-state index is 12.5. The van der Waals surface area contributed by atoms with Crippen LogP contribution in [0.4, 0.5) is 0 Å². The molecule has 19 heavy (non-hydrogen) atoms. The van der Waals surface area contributed by atoms with E-state index in [4.69, 9.17) is 5.73 Å². The third kappa shape index (κ3) is 3.93. The lowest BCUT2D eigenvalue weighted by atomic mass is 9.91. The quantitative estimate of drug-likeness (QED) is 0.800. The molecule has 4 heteroatoms. The first-order valence-corrected chi connectivity index (χ1v) is 7.77. The highest BCUT2D eigenvalue weighted by Gasteiger charge is 2.36. The van der Waals surface area contributed by atoms with Gasteiger partial charge in [-0.3, -0.25) is 4.79 Å². The van der Waals surface area contributed by atoms with Crippen molar-refractivity contribution in [2.45, 2.75) is 64.5 Å². The molecule has 1 amide bonds. The van der Waals surface area contributed by atoms with E-state index >= 15 is 0 Å². The molecule has 0 bridgehead atoms. The number of hydrogen-bond acceptors (Lipinski definition) is 3. The topological polar surface area (TPSA) is 49.6 Å². The summed E-state index contributed by atoms with van der Waals surface area (Å²) >= 11 is 0. The van der Waals surface area contributed by atoms with Gasteiger partial charge in [-0.05, 0) is 38.6 Å². The van der Waals surface area contributed by atoms with Gasteiger partial charge in [0, 0.05) is 26.2 Å². The molecule has 1 saturated heterocycles. The van der Waals surface area contributed by atoms with Crippen LogP contribution in [-0.4, -0.2) is 54.0 Å². The highest BCUT2D eigenvalue weighted by Crippen LogP contribution is 2.21. The van der Waals surface area contributed by atoms with E-state index in [1.165, 1.54) is 13.0 Å². The Labute approximate surface area is 118 Å². The Hall–Kier alpha value is -0.610. The molecule has 0 unspecified atom stereocenters. The average molecular weight is 269 g/mol. The van der Waals surface area contributed by atoms with Gasteiger partial charge < -0.3 is 15.5 Å². The molecule has 0 atom stereocenters. The Morgan fingerprint density at radius 3 is 2.21 bits per heavy atom. The third-order valence-electron chi connectivity index (χ3n) is 4.65. The van der Waals surface area contributed by atoms with Crippen molar-refractivity contribution in [3.8, 4) is 0 Å². The van der Waals surface area contributed by atoms with Crippen molar-refractivity contribution in [1.29, 1.82) is 0 Å². The monoisotopic (exact) mass is 269 g/mol. The normalized spacial score (nSPS) is 18.6. The fourth-order valence-electron chi connectivity index (χ4n) is 2.92. The molecule has 1 aliphatic rings. The molecule has 1 fully saturated rings. The maximum Gasteiger partial charge on any atom is 0.242 e. The summed E-state index contributed by atoms with van der Waals surface area (Å²) in [5, 5.41) is 0. The molecule has 0 aromatic heterocycles. The molecule has 0 saturated carbocycles. The lowest BCUT2D eigenvalue weighted by Gasteiger charge is -2.40. The number of rotatable bonds is 6. The van der Waals surface area contributed by atoms with E-state index in [0.29, 0.717) is 18.9 Å². The SMILES string of the molecule is CCCN1CCC(N(C)C(=O)C(N)(CC)CC)CC1. The Bertz CT molecular complexity index is 281. The molecule has 2 N–H and O–H groups in total. The van der Waals surface area contributed by atoms with Crippen LogP contribution in [0.25, 0.3) is 0 Å². The number of nitrogens with two attached hydrogens (primary N) is 1. The van der Waals surface area contributed by atoms with Gasteiger partial charge in [-0.15, -0.1) is 0 Å². The highest BCUT2D eigenvalue weighted by atomic mass is 16.2. The maximum absolute atomic E-state index is 12.5. The molecule has 0 aliphatic carbocycles. The van der Waals surface area contributed by atoms with Gasteiger partial charge in [-0.25, -0.2) is 0 Å². The van der Waals surface area contributed by atoms with Crippen LogP contribution in [0, 0.1) is 0 Å². The minimum atomic E-state index is -0.671. The highest BCUT2D eigenvalue weighted by molar-refractivity contribution is 5.86. The molecule has 0 aromatic rings. The van der Waals surface area contributed by atoms with E-state index in [1.807, 2.05) is 25.8 Å². The van der Waals surface area contributed by atoms with Crippen molar-refractivity contribution in [2.75, 3.05) is 26.7 Å². The predicted octanol–water partition coefficient (Wildman–Crippen LogP) is 1.84. The molecule has 0 radical (unpaired) electrons. The van der Waals surface area contributed by atoms with Crippen LogP contribution in [0.15, 0.2) is 0 Å².